The molecule has 0 heterocycles. The Balaban J connectivity index is 1.60. The van der Waals surface area contributed by atoms with Crippen LogP contribution < -0.4 is 9.47 Å². The van der Waals surface area contributed by atoms with E-state index in [2.05, 4.69) is 0 Å². The number of hydrogen-bond donors (Lipinski definition) is 0. The molecule has 0 amide bonds. The molecule has 0 unspecified atom stereocenters. The molecule has 4 rings (SSSR count). The molecule has 0 saturated heterocycles. The summed E-state index contributed by atoms with van der Waals surface area (Å²) in [5.74, 6) is 1.81. The first-order chi connectivity index (χ1) is 14.6. The Morgan fingerprint density at radius 2 is 1.70 bits per heavy atom. The average molecular weight is 399 g/mol. The molecular formula is C27H26O3. The van der Waals surface area contributed by atoms with E-state index in [9.17, 15) is 4.79 Å². The van der Waals surface area contributed by atoms with Gasteiger partial charge in [0.2, 0.25) is 0 Å². The third kappa shape index (κ3) is 4.02. The Bertz CT molecular complexity index is 1100. The van der Waals surface area contributed by atoms with E-state index >= 15 is 0 Å². The van der Waals surface area contributed by atoms with E-state index in [1.807, 2.05) is 80.6 Å². The number of aryl methyl sites for hydroxylation is 3. The first-order valence-electron chi connectivity index (χ1n) is 10.3. The van der Waals surface area contributed by atoms with Crippen molar-refractivity contribution in [1.29, 1.82) is 0 Å². The Kier molecular flexibility index (Phi) is 5.71. The van der Waals surface area contributed by atoms with Crippen molar-refractivity contribution in [2.45, 2.75) is 33.3 Å². The van der Waals surface area contributed by atoms with Gasteiger partial charge in [-0.1, -0.05) is 48.5 Å². The summed E-state index contributed by atoms with van der Waals surface area (Å²) in [4.78, 5) is 12.9. The summed E-state index contributed by atoms with van der Waals surface area (Å²) in [6.07, 6.45) is 3.66. The van der Waals surface area contributed by atoms with Gasteiger partial charge in [0.1, 0.15) is 18.1 Å². The molecule has 0 aliphatic heterocycles. The largest absolute Gasteiger partial charge is 0.496 e. The number of carbonyl (C=O) groups is 1. The molecule has 3 aromatic carbocycles. The summed E-state index contributed by atoms with van der Waals surface area (Å²) in [5.41, 5.74) is 6.97. The van der Waals surface area contributed by atoms with Crippen LogP contribution in [0.2, 0.25) is 0 Å². The second kappa shape index (κ2) is 8.58. The van der Waals surface area contributed by atoms with Gasteiger partial charge >= 0.3 is 0 Å². The topological polar surface area (TPSA) is 35.5 Å². The van der Waals surface area contributed by atoms with Gasteiger partial charge in [0, 0.05) is 16.7 Å². The fourth-order valence-electron chi connectivity index (χ4n) is 4.03. The van der Waals surface area contributed by atoms with Gasteiger partial charge in [0.05, 0.1) is 7.11 Å². The van der Waals surface area contributed by atoms with Crippen molar-refractivity contribution in [1.82, 2.24) is 0 Å². The van der Waals surface area contributed by atoms with E-state index in [-0.39, 0.29) is 5.78 Å². The molecule has 0 aromatic heterocycles. The lowest BCUT2D eigenvalue weighted by Gasteiger charge is -2.18. The van der Waals surface area contributed by atoms with E-state index in [1.165, 1.54) is 0 Å². The summed E-state index contributed by atoms with van der Waals surface area (Å²) < 4.78 is 11.7. The number of allylic oxidation sites excluding steroid dienone is 1. The molecule has 0 fully saturated rings. The van der Waals surface area contributed by atoms with Crippen molar-refractivity contribution >= 4 is 11.9 Å². The highest BCUT2D eigenvalue weighted by Gasteiger charge is 2.21. The molecule has 0 spiro atoms. The third-order valence-corrected chi connectivity index (χ3v) is 5.64. The molecule has 1 aliphatic rings. The number of rotatable bonds is 5. The van der Waals surface area contributed by atoms with E-state index in [1.54, 1.807) is 7.11 Å². The van der Waals surface area contributed by atoms with Crippen LogP contribution in [0.15, 0.2) is 66.2 Å². The number of Topliss-reactive ketones (excluding diaryl/α,β-unsaturated/α-hetero) is 1. The van der Waals surface area contributed by atoms with E-state index < -0.39 is 0 Å². The molecule has 3 heteroatoms. The van der Waals surface area contributed by atoms with E-state index in [0.29, 0.717) is 6.61 Å². The fraction of sp³-hybridized carbons (Fsp3) is 0.222. The van der Waals surface area contributed by atoms with Gasteiger partial charge in [-0.3, -0.25) is 4.79 Å². The lowest BCUT2D eigenvalue weighted by Crippen LogP contribution is -2.13. The maximum Gasteiger partial charge on any atom is 0.189 e. The van der Waals surface area contributed by atoms with E-state index in [0.717, 1.165) is 63.3 Å². The summed E-state index contributed by atoms with van der Waals surface area (Å²) >= 11 is 0. The lowest BCUT2D eigenvalue weighted by atomic mass is 9.86. The van der Waals surface area contributed by atoms with Crippen LogP contribution in [0.1, 0.15) is 44.6 Å². The molecule has 152 valence electrons. The zero-order valence-corrected chi connectivity index (χ0v) is 17.7. The second-order valence-corrected chi connectivity index (χ2v) is 7.74. The molecule has 3 aromatic rings. The molecule has 0 N–H and O–H groups in total. The molecule has 0 radical (unpaired) electrons. The maximum atomic E-state index is 12.9. The zero-order valence-electron chi connectivity index (χ0n) is 17.7. The molecule has 1 aliphatic carbocycles. The number of fused-ring (bicyclic) bond motifs is 1. The average Bonchev–Trinajstić information content (AvgIpc) is 2.76. The van der Waals surface area contributed by atoms with Gasteiger partial charge in [0.25, 0.3) is 0 Å². The number of benzene rings is 3. The molecule has 30 heavy (non-hydrogen) atoms. The maximum absolute atomic E-state index is 12.9. The second-order valence-electron chi connectivity index (χ2n) is 7.74. The molecule has 3 nitrogen and oxygen atoms in total. The number of ketones is 1. The van der Waals surface area contributed by atoms with Crippen LogP contribution in [0.3, 0.4) is 0 Å². The quantitative estimate of drug-likeness (QED) is 0.487. The van der Waals surface area contributed by atoms with Crippen LogP contribution in [0, 0.1) is 13.8 Å². The van der Waals surface area contributed by atoms with Gasteiger partial charge in [-0.05, 0) is 67.2 Å². The Hall–Kier alpha value is -3.33. The number of hydrogen-bond acceptors (Lipinski definition) is 3. The fourth-order valence-corrected chi connectivity index (χ4v) is 4.03. The molecular weight excluding hydrogens is 372 g/mol. The van der Waals surface area contributed by atoms with Crippen LogP contribution >= 0.6 is 0 Å². The minimum atomic E-state index is 0.126. The molecule has 0 bridgehead atoms. The summed E-state index contributed by atoms with van der Waals surface area (Å²) in [6, 6.07) is 20.0. The van der Waals surface area contributed by atoms with Crippen LogP contribution in [0.4, 0.5) is 0 Å². The third-order valence-electron chi connectivity index (χ3n) is 5.64. The Morgan fingerprint density at radius 1 is 0.933 bits per heavy atom. The van der Waals surface area contributed by atoms with Crippen LogP contribution in [-0.4, -0.2) is 12.9 Å². The standard InChI is InChI=1S/C27H26O3/c1-18-7-6-8-19(2)27(18)30-17-23-16-20(11-14-25(23)29-3)15-22-13-12-21-9-4-5-10-24(21)26(22)28/h4-11,14-16H,12-13,17H2,1-3H3/b22-15-. The predicted molar refractivity (Wildman–Crippen MR) is 120 cm³/mol. The highest BCUT2D eigenvalue weighted by Crippen LogP contribution is 2.29. The van der Waals surface area contributed by atoms with Gasteiger partial charge < -0.3 is 9.47 Å². The number of para-hydroxylation sites is 1. The summed E-state index contributed by atoms with van der Waals surface area (Å²) in [5, 5.41) is 0. The van der Waals surface area contributed by atoms with Crippen LogP contribution in [0.25, 0.3) is 6.08 Å². The van der Waals surface area contributed by atoms with Gasteiger partial charge in [-0.15, -0.1) is 0 Å². The van der Waals surface area contributed by atoms with Gasteiger partial charge in [-0.2, -0.15) is 0 Å². The number of carbonyl (C=O) groups excluding carboxylic acids is 1. The van der Waals surface area contributed by atoms with Crippen LogP contribution in [0.5, 0.6) is 11.5 Å². The molecule has 0 saturated carbocycles. The highest BCUT2D eigenvalue weighted by molar-refractivity contribution is 6.13. The monoisotopic (exact) mass is 398 g/mol. The van der Waals surface area contributed by atoms with Crippen molar-refractivity contribution in [2.75, 3.05) is 7.11 Å². The van der Waals surface area contributed by atoms with E-state index in [4.69, 9.17) is 9.47 Å². The normalized spacial score (nSPS) is 14.5. The van der Waals surface area contributed by atoms with Crippen molar-refractivity contribution in [3.8, 4) is 11.5 Å². The van der Waals surface area contributed by atoms with Crippen LogP contribution in [-0.2, 0) is 13.0 Å². The number of ether oxygens (including phenoxy) is 2. The minimum absolute atomic E-state index is 0.126. The number of methoxy groups -OCH3 is 1. The Morgan fingerprint density at radius 3 is 2.47 bits per heavy atom. The highest BCUT2D eigenvalue weighted by atomic mass is 16.5. The SMILES string of the molecule is COc1ccc(/C=C2/CCc3ccccc3C2=O)cc1COc1c(C)cccc1C. The first-order valence-corrected chi connectivity index (χ1v) is 10.3. The van der Waals surface area contributed by atoms with Gasteiger partial charge in [0.15, 0.2) is 5.78 Å². The summed E-state index contributed by atoms with van der Waals surface area (Å²) in [6.45, 7) is 4.50. The van der Waals surface area contributed by atoms with Crippen molar-refractivity contribution in [2.24, 2.45) is 0 Å². The lowest BCUT2D eigenvalue weighted by molar-refractivity contribution is 0.102. The van der Waals surface area contributed by atoms with Gasteiger partial charge in [-0.25, -0.2) is 0 Å². The smallest absolute Gasteiger partial charge is 0.189 e. The van der Waals surface area contributed by atoms with Crippen molar-refractivity contribution < 1.29 is 14.3 Å². The van der Waals surface area contributed by atoms with Crippen molar-refractivity contribution in [3.63, 3.8) is 0 Å². The summed E-state index contributed by atoms with van der Waals surface area (Å²) in [7, 11) is 1.66. The minimum Gasteiger partial charge on any atom is -0.496 e. The van der Waals surface area contributed by atoms with Crippen molar-refractivity contribution in [3.05, 3.63) is 99.6 Å². The zero-order chi connectivity index (χ0) is 21.1. The predicted octanol–water partition coefficient (Wildman–Crippen LogP) is 6.10. The first kappa shape index (κ1) is 20.0. The Labute approximate surface area is 178 Å². The molecule has 0 atom stereocenters.